The van der Waals surface area contributed by atoms with E-state index in [1.807, 2.05) is 0 Å². The van der Waals surface area contributed by atoms with Crippen LogP contribution in [0.15, 0.2) is 0 Å². The first kappa shape index (κ1) is 12.3. The molecule has 1 heterocycles. The van der Waals surface area contributed by atoms with Gasteiger partial charge in [0.05, 0.1) is 6.61 Å². The van der Waals surface area contributed by atoms with Crippen LogP contribution < -0.4 is 5.32 Å². The molecule has 16 heavy (non-hydrogen) atoms. The number of aliphatic hydroxyl groups excluding tert-OH is 1. The van der Waals surface area contributed by atoms with Crippen LogP contribution in [0.4, 0.5) is 0 Å². The molecular formula is C13H26N2O. The van der Waals surface area contributed by atoms with Crippen molar-refractivity contribution in [1.82, 2.24) is 10.2 Å². The molecule has 0 radical (unpaired) electrons. The van der Waals surface area contributed by atoms with E-state index in [1.165, 1.54) is 51.7 Å². The largest absolute Gasteiger partial charge is 0.394 e. The summed E-state index contributed by atoms with van der Waals surface area (Å²) in [5.74, 6) is 0. The zero-order valence-corrected chi connectivity index (χ0v) is 10.4. The summed E-state index contributed by atoms with van der Waals surface area (Å²) in [4.78, 5) is 2.56. The molecular weight excluding hydrogens is 200 g/mol. The van der Waals surface area contributed by atoms with Gasteiger partial charge in [0.2, 0.25) is 0 Å². The number of aliphatic hydroxyl groups is 1. The van der Waals surface area contributed by atoms with Crippen molar-refractivity contribution in [1.29, 1.82) is 0 Å². The number of likely N-dealkylation sites (tertiary alicyclic amines) is 1. The fraction of sp³-hybridized carbons (Fsp3) is 1.00. The average Bonchev–Trinajstić information content (AvgIpc) is 2.97. The summed E-state index contributed by atoms with van der Waals surface area (Å²) in [6.45, 7) is 5.21. The molecule has 0 aromatic rings. The average molecular weight is 226 g/mol. The second-order valence-electron chi connectivity index (χ2n) is 5.47. The van der Waals surface area contributed by atoms with Crippen LogP contribution in [0.2, 0.25) is 0 Å². The summed E-state index contributed by atoms with van der Waals surface area (Å²) >= 11 is 0. The van der Waals surface area contributed by atoms with Crippen molar-refractivity contribution in [2.24, 2.45) is 0 Å². The van der Waals surface area contributed by atoms with Gasteiger partial charge in [-0.15, -0.1) is 0 Å². The standard InChI is InChI=1S/C13H26N2O/c16-12-13(6-1-2-7-13)14-8-5-11-15-9-3-4-10-15/h14,16H,1-12H2. The van der Waals surface area contributed by atoms with Crippen LogP contribution in [0.25, 0.3) is 0 Å². The maximum Gasteiger partial charge on any atom is 0.0613 e. The third kappa shape index (κ3) is 3.19. The number of hydrogen-bond donors (Lipinski definition) is 2. The van der Waals surface area contributed by atoms with E-state index >= 15 is 0 Å². The normalized spacial score (nSPS) is 25.3. The van der Waals surface area contributed by atoms with E-state index in [0.29, 0.717) is 6.61 Å². The second-order valence-corrected chi connectivity index (χ2v) is 5.47. The first-order chi connectivity index (χ1) is 7.85. The van der Waals surface area contributed by atoms with Gasteiger partial charge in [0.1, 0.15) is 0 Å². The fourth-order valence-corrected chi connectivity index (χ4v) is 3.11. The van der Waals surface area contributed by atoms with Crippen molar-refractivity contribution in [2.75, 3.05) is 32.8 Å². The van der Waals surface area contributed by atoms with Crippen LogP contribution in [0.5, 0.6) is 0 Å². The van der Waals surface area contributed by atoms with Crippen LogP contribution in [0, 0.1) is 0 Å². The molecule has 94 valence electrons. The van der Waals surface area contributed by atoms with Gasteiger partial charge in [0.15, 0.2) is 0 Å². The third-order valence-electron chi connectivity index (χ3n) is 4.21. The Morgan fingerprint density at radius 2 is 1.75 bits per heavy atom. The van der Waals surface area contributed by atoms with Gasteiger partial charge in [0.25, 0.3) is 0 Å². The predicted molar refractivity (Wildman–Crippen MR) is 66.6 cm³/mol. The summed E-state index contributed by atoms with van der Waals surface area (Å²) in [5, 5.41) is 13.0. The minimum Gasteiger partial charge on any atom is -0.394 e. The zero-order valence-electron chi connectivity index (χ0n) is 10.4. The molecule has 0 aromatic heterocycles. The van der Waals surface area contributed by atoms with E-state index in [0.717, 1.165) is 19.4 Å². The molecule has 1 saturated carbocycles. The lowest BCUT2D eigenvalue weighted by Crippen LogP contribution is -2.46. The Morgan fingerprint density at radius 3 is 2.38 bits per heavy atom. The molecule has 0 spiro atoms. The van der Waals surface area contributed by atoms with Crippen molar-refractivity contribution in [2.45, 2.75) is 50.5 Å². The van der Waals surface area contributed by atoms with Crippen molar-refractivity contribution in [3.63, 3.8) is 0 Å². The summed E-state index contributed by atoms with van der Waals surface area (Å²) in [5.41, 5.74) is 0.0744. The Kier molecular flexibility index (Phi) is 4.62. The Bertz CT molecular complexity index is 196. The Balaban J connectivity index is 1.59. The summed E-state index contributed by atoms with van der Waals surface area (Å²) < 4.78 is 0. The highest BCUT2D eigenvalue weighted by Crippen LogP contribution is 2.28. The zero-order chi connectivity index (χ0) is 11.3. The lowest BCUT2D eigenvalue weighted by molar-refractivity contribution is 0.162. The van der Waals surface area contributed by atoms with E-state index in [2.05, 4.69) is 10.2 Å². The van der Waals surface area contributed by atoms with Crippen molar-refractivity contribution in [3.05, 3.63) is 0 Å². The Hall–Kier alpha value is -0.120. The van der Waals surface area contributed by atoms with Crippen LogP contribution in [-0.4, -0.2) is 48.3 Å². The van der Waals surface area contributed by atoms with E-state index < -0.39 is 0 Å². The van der Waals surface area contributed by atoms with E-state index in [1.54, 1.807) is 0 Å². The van der Waals surface area contributed by atoms with Gasteiger partial charge < -0.3 is 15.3 Å². The number of rotatable bonds is 6. The molecule has 3 nitrogen and oxygen atoms in total. The molecule has 0 aromatic carbocycles. The van der Waals surface area contributed by atoms with Crippen LogP contribution in [0.3, 0.4) is 0 Å². The van der Waals surface area contributed by atoms with Gasteiger partial charge in [-0.2, -0.15) is 0 Å². The molecule has 1 saturated heterocycles. The quantitative estimate of drug-likeness (QED) is 0.671. The molecule has 1 aliphatic carbocycles. The maximum absolute atomic E-state index is 9.45. The molecule has 2 aliphatic rings. The monoisotopic (exact) mass is 226 g/mol. The van der Waals surface area contributed by atoms with Crippen molar-refractivity contribution in [3.8, 4) is 0 Å². The third-order valence-corrected chi connectivity index (χ3v) is 4.21. The molecule has 1 aliphatic heterocycles. The van der Waals surface area contributed by atoms with Crippen LogP contribution >= 0.6 is 0 Å². The van der Waals surface area contributed by atoms with Gasteiger partial charge in [-0.3, -0.25) is 0 Å². The molecule has 0 unspecified atom stereocenters. The summed E-state index contributed by atoms with van der Waals surface area (Å²) in [6, 6.07) is 0. The summed E-state index contributed by atoms with van der Waals surface area (Å²) in [7, 11) is 0. The topological polar surface area (TPSA) is 35.5 Å². The Labute approximate surface area is 99.2 Å². The van der Waals surface area contributed by atoms with Gasteiger partial charge in [-0.05, 0) is 58.3 Å². The number of nitrogens with one attached hydrogen (secondary N) is 1. The van der Waals surface area contributed by atoms with Crippen molar-refractivity contribution >= 4 is 0 Å². The number of nitrogens with zero attached hydrogens (tertiary/aromatic N) is 1. The fourth-order valence-electron chi connectivity index (χ4n) is 3.11. The molecule has 0 bridgehead atoms. The first-order valence-electron chi connectivity index (χ1n) is 6.93. The molecule has 2 fully saturated rings. The van der Waals surface area contributed by atoms with Gasteiger partial charge in [-0.1, -0.05) is 12.8 Å². The van der Waals surface area contributed by atoms with E-state index in [4.69, 9.17) is 0 Å². The highest BCUT2D eigenvalue weighted by Gasteiger charge is 2.32. The first-order valence-corrected chi connectivity index (χ1v) is 6.93. The van der Waals surface area contributed by atoms with Gasteiger partial charge in [0, 0.05) is 5.54 Å². The minimum atomic E-state index is 0.0744. The highest BCUT2D eigenvalue weighted by atomic mass is 16.3. The van der Waals surface area contributed by atoms with E-state index in [9.17, 15) is 5.11 Å². The Morgan fingerprint density at radius 1 is 1.06 bits per heavy atom. The molecule has 2 rings (SSSR count). The molecule has 0 atom stereocenters. The molecule has 3 heteroatoms. The summed E-state index contributed by atoms with van der Waals surface area (Å²) in [6.07, 6.45) is 8.86. The minimum absolute atomic E-state index is 0.0744. The SMILES string of the molecule is OCC1(NCCCN2CCCC2)CCCC1. The second kappa shape index (κ2) is 5.99. The molecule has 2 N–H and O–H groups in total. The van der Waals surface area contributed by atoms with Crippen LogP contribution in [0.1, 0.15) is 44.9 Å². The van der Waals surface area contributed by atoms with E-state index in [-0.39, 0.29) is 5.54 Å². The van der Waals surface area contributed by atoms with Gasteiger partial charge in [-0.25, -0.2) is 0 Å². The highest BCUT2D eigenvalue weighted by molar-refractivity contribution is 4.91. The van der Waals surface area contributed by atoms with Crippen molar-refractivity contribution < 1.29 is 5.11 Å². The smallest absolute Gasteiger partial charge is 0.0613 e. The van der Waals surface area contributed by atoms with Gasteiger partial charge >= 0.3 is 0 Å². The predicted octanol–water partition coefficient (Wildman–Crippen LogP) is 1.37. The number of hydrogen-bond acceptors (Lipinski definition) is 3. The lowest BCUT2D eigenvalue weighted by atomic mass is 9.99. The molecule has 0 amide bonds. The maximum atomic E-state index is 9.45. The lowest BCUT2D eigenvalue weighted by Gasteiger charge is -2.28. The van der Waals surface area contributed by atoms with Crippen LogP contribution in [-0.2, 0) is 0 Å².